The van der Waals surface area contributed by atoms with Crippen molar-refractivity contribution in [2.75, 3.05) is 26.2 Å². The van der Waals surface area contributed by atoms with Crippen molar-refractivity contribution in [3.8, 4) is 11.8 Å². The van der Waals surface area contributed by atoms with Crippen molar-refractivity contribution in [2.45, 2.75) is 71.9 Å². The fourth-order valence-corrected chi connectivity index (χ4v) is 5.35. The molecule has 3 aromatic carbocycles. The molecule has 0 aromatic heterocycles. The fraction of sp³-hybridized carbons (Fsp3) is 0.395. The molecule has 0 fully saturated rings. The van der Waals surface area contributed by atoms with Gasteiger partial charge in [0.05, 0.1) is 12.1 Å². The second-order valence-corrected chi connectivity index (χ2v) is 11.7. The summed E-state index contributed by atoms with van der Waals surface area (Å²) in [4.78, 5) is 42.0. The lowest BCUT2D eigenvalue weighted by atomic mass is 9.99. The highest BCUT2D eigenvalue weighted by Gasteiger charge is 2.27. The Morgan fingerprint density at radius 3 is 2.06 bits per heavy atom. The van der Waals surface area contributed by atoms with E-state index >= 15 is 0 Å². The monoisotopic (exact) mass is 660 g/mol. The van der Waals surface area contributed by atoms with Gasteiger partial charge < -0.3 is 15.3 Å². The third-order valence-electron chi connectivity index (χ3n) is 7.63. The first kappa shape index (κ1) is 37.9. The van der Waals surface area contributed by atoms with Crippen molar-refractivity contribution in [3.05, 3.63) is 106 Å². The fourth-order valence-electron chi connectivity index (χ4n) is 5.35. The van der Waals surface area contributed by atoms with Gasteiger partial charge in [0.15, 0.2) is 0 Å². The van der Waals surface area contributed by atoms with Gasteiger partial charge in [0.2, 0.25) is 0 Å². The van der Waals surface area contributed by atoms with Crippen molar-refractivity contribution in [2.24, 2.45) is 0 Å². The Hall–Kier alpha value is -4.59. The highest BCUT2D eigenvalue weighted by molar-refractivity contribution is 6.00. The average molecular weight is 661 g/mol. The third-order valence-corrected chi connectivity index (χ3v) is 7.63. The molecule has 2 atom stereocenters. The van der Waals surface area contributed by atoms with Crippen LogP contribution in [0.1, 0.15) is 95.6 Å². The maximum absolute atomic E-state index is 14.2. The largest absolute Gasteiger partial charge is 0.390 e. The predicted octanol–water partition coefficient (Wildman–Crippen LogP) is 5.75. The van der Waals surface area contributed by atoms with Crippen LogP contribution in [0.5, 0.6) is 0 Å². The Bertz CT molecular complexity index is 1560. The number of carbonyl (C=O) groups is 3. The Labute approximate surface area is 282 Å². The van der Waals surface area contributed by atoms with Gasteiger partial charge in [-0.15, -0.1) is 5.92 Å². The van der Waals surface area contributed by atoms with Crippen LogP contribution in [0.25, 0.3) is 0 Å². The molecular weight excluding hydrogens is 614 g/mol. The smallest absolute Gasteiger partial charge is 0.265 e. The lowest BCUT2D eigenvalue weighted by Crippen LogP contribution is -2.53. The Morgan fingerprint density at radius 1 is 0.812 bits per heavy atom. The molecule has 256 valence electrons. The molecule has 0 saturated heterocycles. The van der Waals surface area contributed by atoms with E-state index in [1.807, 2.05) is 20.8 Å². The Kier molecular flexibility index (Phi) is 15.2. The number of carbonyl (C=O) groups excluding carboxylic acids is 3. The number of amides is 3. The van der Waals surface area contributed by atoms with Gasteiger partial charge in [-0.1, -0.05) is 51.3 Å². The quantitative estimate of drug-likeness (QED) is 0.127. The first-order valence-electron chi connectivity index (χ1n) is 16.5. The molecule has 0 bridgehead atoms. The van der Waals surface area contributed by atoms with Crippen LogP contribution in [0.2, 0.25) is 0 Å². The standard InChI is InChI=1S/C38H46F2N4O4/c1-5-9-18-44(42-37(47)29-14-11-10-12-15-29)26-35(45)34(23-28-21-32(39)25-33(40)22-28)41-36(46)30-19-27(13-6-2)20-31(24-30)38(48)43(16-7-3)17-8-4/h10-12,14-15,19-22,24-25,34-35,45H,5,7-9,16-18,23,26H2,1-4H3,(H,41,46)(H,42,47). The van der Waals surface area contributed by atoms with Crippen molar-refractivity contribution in [3.63, 3.8) is 0 Å². The molecule has 0 spiro atoms. The number of benzene rings is 3. The zero-order valence-corrected chi connectivity index (χ0v) is 28.2. The molecule has 0 radical (unpaired) electrons. The van der Waals surface area contributed by atoms with E-state index in [-0.39, 0.29) is 35.9 Å². The van der Waals surface area contributed by atoms with Gasteiger partial charge >= 0.3 is 0 Å². The van der Waals surface area contributed by atoms with E-state index in [0.29, 0.717) is 42.7 Å². The van der Waals surface area contributed by atoms with Crippen molar-refractivity contribution >= 4 is 17.7 Å². The minimum atomic E-state index is -1.28. The molecule has 48 heavy (non-hydrogen) atoms. The maximum Gasteiger partial charge on any atom is 0.265 e. The first-order chi connectivity index (χ1) is 23.1. The number of hydrogen-bond acceptors (Lipinski definition) is 5. The molecule has 0 aliphatic heterocycles. The highest BCUT2D eigenvalue weighted by Crippen LogP contribution is 2.17. The van der Waals surface area contributed by atoms with Crippen molar-refractivity contribution in [1.29, 1.82) is 0 Å². The van der Waals surface area contributed by atoms with Gasteiger partial charge in [0.25, 0.3) is 17.7 Å². The number of rotatable bonds is 17. The summed E-state index contributed by atoms with van der Waals surface area (Å²) >= 11 is 0. The number of unbranched alkanes of at least 4 members (excludes halogenated alkanes) is 1. The lowest BCUT2D eigenvalue weighted by Gasteiger charge is -2.30. The summed E-state index contributed by atoms with van der Waals surface area (Å²) < 4.78 is 28.4. The van der Waals surface area contributed by atoms with Crippen molar-refractivity contribution < 1.29 is 28.3 Å². The summed E-state index contributed by atoms with van der Waals surface area (Å²) in [5, 5.41) is 16.0. The van der Waals surface area contributed by atoms with Gasteiger partial charge in [-0.3, -0.25) is 19.8 Å². The summed E-state index contributed by atoms with van der Waals surface area (Å²) in [6, 6.07) is 15.3. The topological polar surface area (TPSA) is 102 Å². The van der Waals surface area contributed by atoms with E-state index < -0.39 is 29.7 Å². The van der Waals surface area contributed by atoms with Gasteiger partial charge in [-0.2, -0.15) is 0 Å². The number of aliphatic hydroxyl groups excluding tert-OH is 1. The molecule has 2 unspecified atom stereocenters. The summed E-state index contributed by atoms with van der Waals surface area (Å²) in [5.41, 5.74) is 4.42. The van der Waals surface area contributed by atoms with Gasteiger partial charge in [-0.05, 0) is 80.6 Å². The molecule has 3 N–H and O–H groups in total. The normalized spacial score (nSPS) is 12.1. The van der Waals surface area contributed by atoms with E-state index in [9.17, 15) is 28.3 Å². The van der Waals surface area contributed by atoms with E-state index in [1.165, 1.54) is 6.07 Å². The number of nitrogens with zero attached hydrogens (tertiary/aromatic N) is 2. The van der Waals surface area contributed by atoms with Crippen LogP contribution in [0.3, 0.4) is 0 Å². The molecular formula is C38H46F2N4O4. The number of hydrazine groups is 1. The van der Waals surface area contributed by atoms with Crippen LogP contribution in [-0.2, 0) is 6.42 Å². The van der Waals surface area contributed by atoms with E-state index in [4.69, 9.17) is 0 Å². The second-order valence-electron chi connectivity index (χ2n) is 11.7. The lowest BCUT2D eigenvalue weighted by molar-refractivity contribution is 0.0446. The average Bonchev–Trinajstić information content (AvgIpc) is 3.06. The van der Waals surface area contributed by atoms with Crippen LogP contribution >= 0.6 is 0 Å². The number of nitrogens with one attached hydrogen (secondary N) is 2. The molecule has 10 heteroatoms. The minimum absolute atomic E-state index is 0.0879. The SMILES string of the molecule is CC#Cc1cc(C(=O)NC(Cc2cc(F)cc(F)c2)C(O)CN(CCCC)NC(=O)c2ccccc2)cc(C(=O)N(CCC)CCC)c1. The molecule has 3 amide bonds. The highest BCUT2D eigenvalue weighted by atomic mass is 19.1. The van der Waals surface area contributed by atoms with Crippen molar-refractivity contribution in [1.82, 2.24) is 20.7 Å². The summed E-state index contributed by atoms with van der Waals surface area (Å²) in [7, 11) is 0. The summed E-state index contributed by atoms with van der Waals surface area (Å²) in [6.07, 6.45) is 1.68. The van der Waals surface area contributed by atoms with Gasteiger partial charge in [-0.25, -0.2) is 13.8 Å². The van der Waals surface area contributed by atoms with Crippen LogP contribution in [0, 0.1) is 23.5 Å². The Morgan fingerprint density at radius 2 is 1.46 bits per heavy atom. The second kappa shape index (κ2) is 19.3. The Balaban J connectivity index is 1.95. The molecule has 0 saturated carbocycles. The summed E-state index contributed by atoms with van der Waals surface area (Å²) in [5.74, 6) is 2.97. The molecule has 3 aromatic rings. The van der Waals surface area contributed by atoms with Crippen LogP contribution in [-0.4, -0.2) is 71.1 Å². The zero-order chi connectivity index (χ0) is 35.1. The predicted molar refractivity (Wildman–Crippen MR) is 183 cm³/mol. The minimum Gasteiger partial charge on any atom is -0.390 e. The maximum atomic E-state index is 14.2. The molecule has 8 nitrogen and oxygen atoms in total. The summed E-state index contributed by atoms with van der Waals surface area (Å²) in [6.45, 7) is 9.07. The first-order valence-corrected chi connectivity index (χ1v) is 16.5. The molecule has 0 aliphatic rings. The van der Waals surface area contributed by atoms with Gasteiger partial charge in [0.1, 0.15) is 11.6 Å². The molecule has 0 heterocycles. The van der Waals surface area contributed by atoms with E-state index in [0.717, 1.165) is 37.5 Å². The number of halogens is 2. The number of hydrogen-bond donors (Lipinski definition) is 3. The zero-order valence-electron chi connectivity index (χ0n) is 28.2. The van der Waals surface area contributed by atoms with E-state index in [1.54, 1.807) is 59.3 Å². The third kappa shape index (κ3) is 11.6. The van der Waals surface area contributed by atoms with Crippen LogP contribution in [0.15, 0.2) is 66.7 Å². The van der Waals surface area contributed by atoms with Crippen LogP contribution < -0.4 is 10.7 Å². The van der Waals surface area contributed by atoms with Crippen LogP contribution in [0.4, 0.5) is 8.78 Å². The number of aliphatic hydroxyl groups is 1. The van der Waals surface area contributed by atoms with Gasteiger partial charge in [0, 0.05) is 54.5 Å². The molecule has 0 aliphatic carbocycles. The molecule has 3 rings (SSSR count). The van der Waals surface area contributed by atoms with E-state index in [2.05, 4.69) is 22.6 Å².